The van der Waals surface area contributed by atoms with Crippen LogP contribution in [-0.2, 0) is 9.45 Å². The van der Waals surface area contributed by atoms with Gasteiger partial charge in [-0.3, -0.25) is 4.79 Å². The van der Waals surface area contributed by atoms with Crippen LogP contribution in [0.1, 0.15) is 18.6 Å². The van der Waals surface area contributed by atoms with Crippen molar-refractivity contribution < 1.29 is 9.45 Å². The summed E-state index contributed by atoms with van der Waals surface area (Å²) >= 11 is 0. The van der Waals surface area contributed by atoms with E-state index in [-0.39, 0.29) is 18.8 Å². The molecular weight excluding hydrogens is 215 g/mol. The van der Waals surface area contributed by atoms with Gasteiger partial charge >= 0.3 is 6.92 Å². The number of fused-ring (bicyclic) bond motifs is 1. The number of benzene rings is 1. The monoisotopic (exact) mass is 232 g/mol. The molecule has 3 N–H and O–H groups in total. The van der Waals surface area contributed by atoms with Crippen LogP contribution in [0.15, 0.2) is 18.2 Å². The molecule has 0 aromatic heterocycles. The molecule has 1 heterocycles. The predicted molar refractivity (Wildman–Crippen MR) is 69.7 cm³/mol. The minimum atomic E-state index is 0.00172. The topological polar surface area (TPSA) is 64.3 Å². The second-order valence-electron chi connectivity index (χ2n) is 4.40. The number of carbonyl (C=O) groups excluding carboxylic acids is 1. The molecule has 2 rings (SSSR count). The van der Waals surface area contributed by atoms with Gasteiger partial charge in [0.05, 0.1) is 12.6 Å². The van der Waals surface area contributed by atoms with Crippen molar-refractivity contribution in [3.05, 3.63) is 23.8 Å². The Morgan fingerprint density at radius 2 is 2.35 bits per heavy atom. The average Bonchev–Trinajstić information content (AvgIpc) is 2.63. The molecule has 0 amide bonds. The summed E-state index contributed by atoms with van der Waals surface area (Å²) in [5.41, 5.74) is 8.93. The number of anilines is 1. The number of nitrogens with one attached hydrogen (secondary N) is 1. The van der Waals surface area contributed by atoms with Crippen LogP contribution in [-0.4, -0.2) is 25.8 Å². The molecular formula is C12H17BN2O2. The largest absolute Gasteiger partial charge is 0.423 e. The van der Waals surface area contributed by atoms with E-state index in [1.165, 1.54) is 0 Å². The molecule has 1 aromatic carbocycles. The first-order valence-electron chi connectivity index (χ1n) is 5.84. The lowest BCUT2D eigenvalue weighted by Crippen LogP contribution is -2.25. The van der Waals surface area contributed by atoms with E-state index in [2.05, 4.69) is 5.32 Å². The Morgan fingerprint density at radius 1 is 1.59 bits per heavy atom. The molecule has 90 valence electrons. The highest BCUT2D eigenvalue weighted by molar-refractivity contribution is 6.67. The molecule has 0 spiro atoms. The van der Waals surface area contributed by atoms with E-state index in [1.807, 2.05) is 25.0 Å². The summed E-state index contributed by atoms with van der Waals surface area (Å²) in [6.45, 7) is 4.50. The number of ketones is 1. The third-order valence-corrected chi connectivity index (χ3v) is 3.00. The molecule has 0 fully saturated rings. The standard InChI is InChI=1S/C12H17BN2O2/c1-8(16)7-15-9-3-4-10-11(5-9)13(2)17-12(10)6-14/h3-5,12,15H,6-7,14H2,1-2H3/t12-/m0/s1. The quantitative estimate of drug-likeness (QED) is 0.744. The van der Waals surface area contributed by atoms with Crippen molar-refractivity contribution in [2.75, 3.05) is 18.4 Å². The van der Waals surface area contributed by atoms with Gasteiger partial charge in [0.1, 0.15) is 5.78 Å². The number of carbonyl (C=O) groups is 1. The van der Waals surface area contributed by atoms with Gasteiger partial charge in [0.25, 0.3) is 0 Å². The van der Waals surface area contributed by atoms with Crippen LogP contribution in [0.5, 0.6) is 0 Å². The molecule has 0 radical (unpaired) electrons. The second kappa shape index (κ2) is 4.90. The zero-order chi connectivity index (χ0) is 12.4. The van der Waals surface area contributed by atoms with E-state index < -0.39 is 0 Å². The maximum atomic E-state index is 10.9. The Morgan fingerprint density at radius 3 is 3.00 bits per heavy atom. The van der Waals surface area contributed by atoms with Crippen LogP contribution >= 0.6 is 0 Å². The fourth-order valence-corrected chi connectivity index (χ4v) is 2.13. The van der Waals surface area contributed by atoms with Gasteiger partial charge in [-0.15, -0.1) is 0 Å². The maximum Gasteiger partial charge on any atom is 0.324 e. The van der Waals surface area contributed by atoms with Gasteiger partial charge in [-0.2, -0.15) is 0 Å². The lowest BCUT2D eigenvalue weighted by Gasteiger charge is -2.10. The number of hydrogen-bond donors (Lipinski definition) is 2. The molecule has 5 heteroatoms. The Balaban J connectivity index is 2.19. The first-order chi connectivity index (χ1) is 8.11. The van der Waals surface area contributed by atoms with Gasteiger partial charge < -0.3 is 15.7 Å². The molecule has 0 aliphatic carbocycles. The van der Waals surface area contributed by atoms with Gasteiger partial charge in [-0.05, 0) is 30.1 Å². The highest BCUT2D eigenvalue weighted by Gasteiger charge is 2.30. The van der Waals surface area contributed by atoms with Crippen LogP contribution in [0.4, 0.5) is 5.69 Å². The lowest BCUT2D eigenvalue weighted by molar-refractivity contribution is -0.115. The van der Waals surface area contributed by atoms with Crippen molar-refractivity contribution >= 4 is 23.8 Å². The summed E-state index contributed by atoms with van der Waals surface area (Å²) in [6.07, 6.45) is 0.00172. The number of nitrogens with two attached hydrogens (primary N) is 1. The highest BCUT2D eigenvalue weighted by atomic mass is 16.5. The van der Waals surface area contributed by atoms with Crippen molar-refractivity contribution in [2.45, 2.75) is 19.9 Å². The van der Waals surface area contributed by atoms with Gasteiger partial charge in [-0.1, -0.05) is 12.9 Å². The first kappa shape index (κ1) is 12.1. The number of rotatable bonds is 4. The zero-order valence-corrected chi connectivity index (χ0v) is 10.2. The summed E-state index contributed by atoms with van der Waals surface area (Å²) in [5, 5.41) is 3.09. The zero-order valence-electron chi connectivity index (χ0n) is 10.2. The predicted octanol–water partition coefficient (Wildman–Crippen LogP) is 0.546. The molecule has 0 unspecified atom stereocenters. The van der Waals surface area contributed by atoms with E-state index in [9.17, 15) is 4.79 Å². The first-order valence-corrected chi connectivity index (χ1v) is 5.84. The minimum Gasteiger partial charge on any atom is -0.423 e. The Labute approximate surface area is 102 Å². The molecule has 17 heavy (non-hydrogen) atoms. The molecule has 1 aromatic rings. The van der Waals surface area contributed by atoms with Crippen LogP contribution in [0.3, 0.4) is 0 Å². The molecule has 4 nitrogen and oxygen atoms in total. The third-order valence-electron chi connectivity index (χ3n) is 3.00. The van der Waals surface area contributed by atoms with Gasteiger partial charge in [-0.25, -0.2) is 0 Å². The van der Waals surface area contributed by atoms with Crippen molar-refractivity contribution in [1.29, 1.82) is 0 Å². The van der Waals surface area contributed by atoms with Gasteiger partial charge in [0.2, 0.25) is 0 Å². The maximum absolute atomic E-state index is 10.9. The van der Waals surface area contributed by atoms with Crippen molar-refractivity contribution in [2.24, 2.45) is 5.73 Å². The fraction of sp³-hybridized carbons (Fsp3) is 0.417. The van der Waals surface area contributed by atoms with Crippen molar-refractivity contribution in [3.8, 4) is 0 Å². The Bertz CT molecular complexity index is 437. The summed E-state index contributed by atoms with van der Waals surface area (Å²) in [7, 11) is 0. The van der Waals surface area contributed by atoms with Gasteiger partial charge in [0.15, 0.2) is 0 Å². The smallest absolute Gasteiger partial charge is 0.324 e. The third kappa shape index (κ3) is 2.51. The number of Topliss-reactive ketones (excluding diaryl/α,β-unsaturated/α-hetero) is 1. The molecule has 1 aliphatic rings. The fourth-order valence-electron chi connectivity index (χ4n) is 2.13. The summed E-state index contributed by atoms with van der Waals surface area (Å²) < 4.78 is 5.74. The summed E-state index contributed by atoms with van der Waals surface area (Å²) in [5.74, 6) is 0.120. The average molecular weight is 232 g/mol. The van der Waals surface area contributed by atoms with E-state index in [4.69, 9.17) is 10.4 Å². The van der Waals surface area contributed by atoms with Crippen LogP contribution in [0.2, 0.25) is 6.82 Å². The molecule has 1 atom stereocenters. The van der Waals surface area contributed by atoms with Crippen LogP contribution in [0, 0.1) is 0 Å². The minimum absolute atomic E-state index is 0.00172. The lowest BCUT2D eigenvalue weighted by atomic mass is 9.64. The van der Waals surface area contributed by atoms with Crippen molar-refractivity contribution in [1.82, 2.24) is 0 Å². The summed E-state index contributed by atoms with van der Waals surface area (Å²) in [4.78, 5) is 10.9. The van der Waals surface area contributed by atoms with E-state index in [0.29, 0.717) is 13.1 Å². The number of hydrogen-bond acceptors (Lipinski definition) is 4. The molecule has 0 saturated heterocycles. The SMILES string of the molecule is CB1O[C@@H](CN)c2ccc(NCC(C)=O)cc21. The molecule has 1 aliphatic heterocycles. The van der Waals surface area contributed by atoms with Crippen molar-refractivity contribution in [3.63, 3.8) is 0 Å². The molecule has 0 saturated carbocycles. The van der Waals surface area contributed by atoms with Crippen LogP contribution in [0.25, 0.3) is 0 Å². The Hall–Kier alpha value is -1.33. The highest BCUT2D eigenvalue weighted by Crippen LogP contribution is 2.24. The van der Waals surface area contributed by atoms with Crippen LogP contribution < -0.4 is 16.5 Å². The van der Waals surface area contributed by atoms with E-state index >= 15 is 0 Å². The Kier molecular flexibility index (Phi) is 3.50. The molecule has 0 bridgehead atoms. The normalized spacial score (nSPS) is 18.1. The summed E-state index contributed by atoms with van der Waals surface area (Å²) in [6, 6.07) is 6.03. The van der Waals surface area contributed by atoms with Gasteiger partial charge in [0, 0.05) is 12.2 Å². The van der Waals surface area contributed by atoms with E-state index in [0.717, 1.165) is 16.7 Å². The van der Waals surface area contributed by atoms with E-state index in [1.54, 1.807) is 6.92 Å². The second-order valence-corrected chi connectivity index (χ2v) is 4.40.